The van der Waals surface area contributed by atoms with Gasteiger partial charge in [-0.25, -0.2) is 4.98 Å². The van der Waals surface area contributed by atoms with Crippen LogP contribution in [0.5, 0.6) is 11.5 Å². The molecule has 0 radical (unpaired) electrons. The molecule has 4 rings (SSSR count). The summed E-state index contributed by atoms with van der Waals surface area (Å²) in [6, 6.07) is 22.2. The summed E-state index contributed by atoms with van der Waals surface area (Å²) in [4.78, 5) is 4.78. The molecule has 1 atom stereocenters. The minimum absolute atomic E-state index is 0.198. The number of aryl methyl sites for hydroxylation is 1. The molecule has 1 unspecified atom stereocenters. The van der Waals surface area contributed by atoms with E-state index in [1.165, 1.54) is 16.7 Å². The molecule has 0 amide bonds. The van der Waals surface area contributed by atoms with Gasteiger partial charge >= 0.3 is 0 Å². The molecular formula is C30H36N2O3. The van der Waals surface area contributed by atoms with E-state index in [1.54, 1.807) is 0 Å². The molecule has 0 aliphatic rings. The van der Waals surface area contributed by atoms with Gasteiger partial charge in [-0.15, -0.1) is 0 Å². The molecule has 1 heterocycles. The highest BCUT2D eigenvalue weighted by Gasteiger charge is 2.16. The van der Waals surface area contributed by atoms with Gasteiger partial charge < -0.3 is 19.1 Å². The highest BCUT2D eigenvalue weighted by molar-refractivity contribution is 5.75. The van der Waals surface area contributed by atoms with Crippen molar-refractivity contribution in [2.45, 2.75) is 65.7 Å². The third-order valence-electron chi connectivity index (χ3n) is 6.35. The monoisotopic (exact) mass is 472 g/mol. The molecule has 0 bridgehead atoms. The number of fused-ring (bicyclic) bond motifs is 1. The van der Waals surface area contributed by atoms with Crippen molar-refractivity contribution in [1.82, 2.24) is 9.55 Å². The number of aliphatic hydroxyl groups is 1. The summed E-state index contributed by atoms with van der Waals surface area (Å²) in [5, 5.41) is 10.8. The Bertz CT molecular complexity index is 1260. The normalized spacial score (nSPS) is 12.5. The van der Waals surface area contributed by atoms with Gasteiger partial charge in [-0.3, -0.25) is 0 Å². The lowest BCUT2D eigenvalue weighted by atomic mass is 9.98. The van der Waals surface area contributed by atoms with E-state index in [-0.39, 0.29) is 6.61 Å². The van der Waals surface area contributed by atoms with Gasteiger partial charge in [0.15, 0.2) is 0 Å². The molecular weight excluding hydrogens is 436 g/mol. The van der Waals surface area contributed by atoms with Crippen molar-refractivity contribution in [2.75, 3.05) is 6.61 Å². The van der Waals surface area contributed by atoms with Gasteiger partial charge in [0.1, 0.15) is 36.6 Å². The number of aromatic nitrogens is 2. The lowest BCUT2D eigenvalue weighted by molar-refractivity contribution is 0.0917. The summed E-state index contributed by atoms with van der Waals surface area (Å²) in [5.41, 5.74) is 5.67. The van der Waals surface area contributed by atoms with E-state index < -0.39 is 6.10 Å². The Balaban J connectivity index is 1.45. The SMILES string of the molecule is Cc1cc(OCc2nc3ccccc3n2CC(O)COc2ccc(C(C)C)cc2)ccc1C(C)C. The molecule has 5 heteroatoms. The maximum Gasteiger partial charge on any atom is 0.148 e. The van der Waals surface area contributed by atoms with E-state index in [4.69, 9.17) is 14.5 Å². The van der Waals surface area contributed by atoms with Crippen molar-refractivity contribution in [1.29, 1.82) is 0 Å². The van der Waals surface area contributed by atoms with Crippen LogP contribution in [-0.2, 0) is 13.2 Å². The maximum atomic E-state index is 10.8. The van der Waals surface area contributed by atoms with E-state index in [0.717, 1.165) is 28.4 Å². The molecule has 0 spiro atoms. The molecule has 184 valence electrons. The third kappa shape index (κ3) is 6.04. The van der Waals surface area contributed by atoms with Crippen LogP contribution in [0.4, 0.5) is 0 Å². The fraction of sp³-hybridized carbons (Fsp3) is 0.367. The second-order valence-corrected chi connectivity index (χ2v) is 9.78. The molecule has 0 fully saturated rings. The Hall–Kier alpha value is -3.31. The van der Waals surface area contributed by atoms with Crippen LogP contribution < -0.4 is 9.47 Å². The molecule has 0 saturated carbocycles. The van der Waals surface area contributed by atoms with Crippen molar-refractivity contribution in [3.05, 3.63) is 89.2 Å². The van der Waals surface area contributed by atoms with Crippen molar-refractivity contribution in [3.63, 3.8) is 0 Å². The Morgan fingerprint density at radius 3 is 2.26 bits per heavy atom. The summed E-state index contributed by atoms with van der Waals surface area (Å²) >= 11 is 0. The number of hydrogen-bond donors (Lipinski definition) is 1. The second-order valence-electron chi connectivity index (χ2n) is 9.78. The number of rotatable bonds is 10. The smallest absolute Gasteiger partial charge is 0.148 e. The Kier molecular flexibility index (Phi) is 7.76. The molecule has 1 aromatic heterocycles. The van der Waals surface area contributed by atoms with Crippen molar-refractivity contribution in [2.24, 2.45) is 0 Å². The minimum atomic E-state index is -0.691. The highest BCUT2D eigenvalue weighted by Crippen LogP contribution is 2.25. The van der Waals surface area contributed by atoms with Gasteiger partial charge in [0, 0.05) is 0 Å². The van der Waals surface area contributed by atoms with Crippen LogP contribution >= 0.6 is 0 Å². The van der Waals surface area contributed by atoms with Crippen molar-refractivity contribution >= 4 is 11.0 Å². The summed E-state index contributed by atoms with van der Waals surface area (Å²) in [6.07, 6.45) is -0.691. The number of hydrogen-bond acceptors (Lipinski definition) is 4. The van der Waals surface area contributed by atoms with E-state index >= 15 is 0 Å². The van der Waals surface area contributed by atoms with Crippen LogP contribution in [-0.4, -0.2) is 27.4 Å². The minimum Gasteiger partial charge on any atom is -0.491 e. The van der Waals surface area contributed by atoms with Gasteiger partial charge in [0.25, 0.3) is 0 Å². The summed E-state index contributed by atoms with van der Waals surface area (Å²) in [6.45, 7) is 11.7. The van der Waals surface area contributed by atoms with Crippen molar-refractivity contribution in [3.8, 4) is 11.5 Å². The number of benzene rings is 3. The zero-order valence-electron chi connectivity index (χ0n) is 21.4. The number of nitrogens with zero attached hydrogens (tertiary/aromatic N) is 2. The van der Waals surface area contributed by atoms with Gasteiger partial charge in [0.2, 0.25) is 0 Å². The molecule has 0 aliphatic heterocycles. The first-order chi connectivity index (χ1) is 16.8. The van der Waals surface area contributed by atoms with E-state index in [0.29, 0.717) is 25.0 Å². The molecule has 0 saturated heterocycles. The lowest BCUT2D eigenvalue weighted by Gasteiger charge is -2.17. The molecule has 5 nitrogen and oxygen atoms in total. The molecule has 4 aromatic rings. The molecule has 0 aliphatic carbocycles. The third-order valence-corrected chi connectivity index (χ3v) is 6.35. The topological polar surface area (TPSA) is 56.5 Å². The highest BCUT2D eigenvalue weighted by atomic mass is 16.5. The molecule has 3 aromatic carbocycles. The summed E-state index contributed by atoms with van der Waals surface area (Å²) < 4.78 is 14.0. The summed E-state index contributed by atoms with van der Waals surface area (Å²) in [5.74, 6) is 3.30. The standard InChI is InChI=1S/C30H36N2O3/c1-20(2)23-10-12-25(13-11-23)34-18-24(33)17-32-29-9-7-6-8-28(29)31-30(32)19-35-26-14-15-27(21(3)4)22(5)16-26/h6-16,20-21,24,33H,17-19H2,1-5H3. The van der Waals surface area contributed by atoms with Crippen LogP contribution in [0.3, 0.4) is 0 Å². The van der Waals surface area contributed by atoms with Crippen LogP contribution in [0.2, 0.25) is 0 Å². The van der Waals surface area contributed by atoms with Crippen LogP contribution in [0, 0.1) is 6.92 Å². The van der Waals surface area contributed by atoms with Gasteiger partial charge in [-0.05, 0) is 71.8 Å². The number of ether oxygens (including phenoxy) is 2. The van der Waals surface area contributed by atoms with Crippen molar-refractivity contribution < 1.29 is 14.6 Å². The Morgan fingerprint density at radius 2 is 1.57 bits per heavy atom. The zero-order chi connectivity index (χ0) is 24.9. The Morgan fingerprint density at radius 1 is 0.857 bits per heavy atom. The summed E-state index contributed by atoms with van der Waals surface area (Å²) in [7, 11) is 0. The predicted octanol–water partition coefficient (Wildman–Crippen LogP) is 6.61. The van der Waals surface area contributed by atoms with E-state index in [9.17, 15) is 5.11 Å². The van der Waals surface area contributed by atoms with Crippen LogP contribution in [0.25, 0.3) is 11.0 Å². The van der Waals surface area contributed by atoms with Crippen LogP contribution in [0.15, 0.2) is 66.7 Å². The maximum absolute atomic E-state index is 10.8. The number of para-hydroxylation sites is 2. The first-order valence-electron chi connectivity index (χ1n) is 12.4. The predicted molar refractivity (Wildman–Crippen MR) is 141 cm³/mol. The second kappa shape index (κ2) is 11.0. The average molecular weight is 473 g/mol. The quantitative estimate of drug-likeness (QED) is 0.282. The van der Waals surface area contributed by atoms with Crippen LogP contribution in [0.1, 0.15) is 62.0 Å². The first-order valence-corrected chi connectivity index (χ1v) is 12.4. The first kappa shape index (κ1) is 24.8. The number of imidazole rings is 1. The fourth-order valence-electron chi connectivity index (χ4n) is 4.38. The average Bonchev–Trinajstić information content (AvgIpc) is 3.18. The number of aliphatic hydroxyl groups excluding tert-OH is 1. The van der Waals surface area contributed by atoms with E-state index in [1.807, 2.05) is 47.0 Å². The molecule has 1 N–H and O–H groups in total. The van der Waals surface area contributed by atoms with Gasteiger partial charge in [-0.2, -0.15) is 0 Å². The van der Waals surface area contributed by atoms with E-state index in [2.05, 4.69) is 58.9 Å². The fourth-order valence-corrected chi connectivity index (χ4v) is 4.38. The lowest BCUT2D eigenvalue weighted by Crippen LogP contribution is -2.25. The Labute approximate surface area is 208 Å². The molecule has 35 heavy (non-hydrogen) atoms. The van der Waals surface area contributed by atoms with Gasteiger partial charge in [-0.1, -0.05) is 58.0 Å². The zero-order valence-corrected chi connectivity index (χ0v) is 21.4. The van der Waals surface area contributed by atoms with Gasteiger partial charge in [0.05, 0.1) is 17.6 Å². The largest absolute Gasteiger partial charge is 0.491 e.